The summed E-state index contributed by atoms with van der Waals surface area (Å²) in [4.78, 5) is 11.7. The molecular formula is C16H16BrIN2O3. The maximum atomic E-state index is 11.7. The number of halogens is 2. The molecule has 122 valence electrons. The van der Waals surface area contributed by atoms with E-state index < -0.39 is 0 Å². The highest BCUT2D eigenvalue weighted by atomic mass is 127. The number of hydrazine groups is 1. The molecule has 0 aromatic heterocycles. The number of hydrogen-bond donors (Lipinski definition) is 2. The van der Waals surface area contributed by atoms with E-state index in [1.807, 2.05) is 31.2 Å². The zero-order valence-corrected chi connectivity index (χ0v) is 16.2. The molecule has 2 aromatic rings. The lowest BCUT2D eigenvalue weighted by Crippen LogP contribution is -2.30. The van der Waals surface area contributed by atoms with Crippen molar-refractivity contribution in [3.05, 3.63) is 55.6 Å². The van der Waals surface area contributed by atoms with Crippen LogP contribution in [0.15, 0.2) is 40.9 Å². The van der Waals surface area contributed by atoms with Crippen LogP contribution >= 0.6 is 38.5 Å². The van der Waals surface area contributed by atoms with Gasteiger partial charge in [0.2, 0.25) is 0 Å². The van der Waals surface area contributed by atoms with Crippen LogP contribution in [0.1, 0.15) is 22.8 Å². The summed E-state index contributed by atoms with van der Waals surface area (Å²) in [6, 6.07) is 11.2. The minimum atomic E-state index is -0.373. The molecule has 1 amide bonds. The van der Waals surface area contributed by atoms with Crippen molar-refractivity contribution in [1.82, 2.24) is 5.43 Å². The summed E-state index contributed by atoms with van der Waals surface area (Å²) < 4.78 is 13.3. The number of rotatable bonds is 6. The third-order valence-corrected chi connectivity index (χ3v) is 4.27. The Kier molecular flexibility index (Phi) is 6.67. The van der Waals surface area contributed by atoms with Gasteiger partial charge in [-0.1, -0.05) is 28.1 Å². The SMILES string of the molecule is CCOc1cc(C(=O)NN)cc(I)c1OCc1cccc(Br)c1. The number of amides is 1. The number of nitrogens with two attached hydrogens (primary N) is 1. The number of hydrogen-bond acceptors (Lipinski definition) is 4. The van der Waals surface area contributed by atoms with Crippen molar-refractivity contribution in [3.63, 3.8) is 0 Å². The molecule has 0 radical (unpaired) electrons. The summed E-state index contributed by atoms with van der Waals surface area (Å²) in [5, 5.41) is 0. The Morgan fingerprint density at radius 1 is 1.30 bits per heavy atom. The second kappa shape index (κ2) is 8.51. The first-order chi connectivity index (χ1) is 11.0. The minimum Gasteiger partial charge on any atom is -0.490 e. The maximum absolute atomic E-state index is 11.7. The summed E-state index contributed by atoms with van der Waals surface area (Å²) in [5.74, 6) is 5.95. The second-order valence-electron chi connectivity index (χ2n) is 4.61. The molecule has 2 rings (SSSR count). The average Bonchev–Trinajstić information content (AvgIpc) is 2.53. The van der Waals surface area contributed by atoms with Crippen molar-refractivity contribution in [1.29, 1.82) is 0 Å². The molecule has 0 spiro atoms. The van der Waals surface area contributed by atoms with Crippen molar-refractivity contribution >= 4 is 44.4 Å². The van der Waals surface area contributed by atoms with E-state index >= 15 is 0 Å². The predicted molar refractivity (Wildman–Crippen MR) is 100 cm³/mol. The number of carbonyl (C=O) groups excluding carboxylic acids is 1. The number of nitrogen functional groups attached to an aromatic ring is 1. The fraction of sp³-hybridized carbons (Fsp3) is 0.188. The summed E-state index contributed by atoms with van der Waals surface area (Å²) >= 11 is 5.55. The van der Waals surface area contributed by atoms with E-state index in [4.69, 9.17) is 15.3 Å². The van der Waals surface area contributed by atoms with E-state index in [-0.39, 0.29) is 5.91 Å². The van der Waals surface area contributed by atoms with Crippen LogP contribution < -0.4 is 20.7 Å². The first-order valence-corrected chi connectivity index (χ1v) is 8.76. The van der Waals surface area contributed by atoms with Gasteiger partial charge in [0.15, 0.2) is 11.5 Å². The van der Waals surface area contributed by atoms with Crippen LogP contribution in [0.3, 0.4) is 0 Å². The van der Waals surface area contributed by atoms with E-state index in [1.165, 1.54) is 0 Å². The predicted octanol–water partition coefficient (Wildman–Crippen LogP) is 3.63. The normalized spacial score (nSPS) is 10.3. The third kappa shape index (κ3) is 4.82. The molecule has 3 N–H and O–H groups in total. The maximum Gasteiger partial charge on any atom is 0.265 e. The van der Waals surface area contributed by atoms with Gasteiger partial charge in [-0.2, -0.15) is 0 Å². The summed E-state index contributed by atoms with van der Waals surface area (Å²) in [6.07, 6.45) is 0. The lowest BCUT2D eigenvalue weighted by molar-refractivity contribution is 0.0953. The van der Waals surface area contributed by atoms with Crippen molar-refractivity contribution < 1.29 is 14.3 Å². The average molecular weight is 491 g/mol. The van der Waals surface area contributed by atoms with Crippen LogP contribution in [0.2, 0.25) is 0 Å². The summed E-state index contributed by atoms with van der Waals surface area (Å²) in [5.41, 5.74) is 3.57. The first-order valence-electron chi connectivity index (χ1n) is 6.89. The molecule has 0 aliphatic heterocycles. The first kappa shape index (κ1) is 18.0. The number of benzene rings is 2. The van der Waals surface area contributed by atoms with Gasteiger partial charge in [-0.25, -0.2) is 5.84 Å². The number of carbonyl (C=O) groups is 1. The molecule has 0 bridgehead atoms. The fourth-order valence-electron chi connectivity index (χ4n) is 1.97. The zero-order chi connectivity index (χ0) is 16.8. The van der Waals surface area contributed by atoms with Gasteiger partial charge in [-0.3, -0.25) is 10.2 Å². The van der Waals surface area contributed by atoms with Gasteiger partial charge in [0.1, 0.15) is 6.61 Å². The smallest absolute Gasteiger partial charge is 0.265 e. The van der Waals surface area contributed by atoms with Gasteiger partial charge in [-0.05, 0) is 59.3 Å². The van der Waals surface area contributed by atoms with Gasteiger partial charge in [0, 0.05) is 10.0 Å². The van der Waals surface area contributed by atoms with Gasteiger partial charge in [0.05, 0.1) is 10.2 Å². The Hall–Kier alpha value is -1.32. The number of ether oxygens (including phenoxy) is 2. The monoisotopic (exact) mass is 490 g/mol. The highest BCUT2D eigenvalue weighted by molar-refractivity contribution is 14.1. The molecule has 5 nitrogen and oxygen atoms in total. The molecule has 0 heterocycles. The van der Waals surface area contributed by atoms with E-state index in [0.29, 0.717) is 30.3 Å². The van der Waals surface area contributed by atoms with Crippen molar-refractivity contribution in [2.24, 2.45) is 5.84 Å². The molecule has 2 aromatic carbocycles. The van der Waals surface area contributed by atoms with Crippen molar-refractivity contribution in [2.45, 2.75) is 13.5 Å². The van der Waals surface area contributed by atoms with Crippen molar-refractivity contribution in [3.8, 4) is 11.5 Å². The van der Waals surface area contributed by atoms with E-state index in [0.717, 1.165) is 13.6 Å². The van der Waals surface area contributed by atoms with Crippen LogP contribution in [0.4, 0.5) is 0 Å². The largest absolute Gasteiger partial charge is 0.490 e. The van der Waals surface area contributed by atoms with Crippen LogP contribution in [0.25, 0.3) is 0 Å². The van der Waals surface area contributed by atoms with Crippen LogP contribution in [-0.2, 0) is 6.61 Å². The van der Waals surface area contributed by atoms with Crippen molar-refractivity contribution in [2.75, 3.05) is 6.61 Å². The van der Waals surface area contributed by atoms with Crippen LogP contribution in [0, 0.1) is 3.57 Å². The minimum absolute atomic E-state index is 0.373. The van der Waals surface area contributed by atoms with Crippen LogP contribution in [-0.4, -0.2) is 12.5 Å². The molecule has 0 atom stereocenters. The van der Waals surface area contributed by atoms with Gasteiger partial charge >= 0.3 is 0 Å². The molecule has 0 aliphatic carbocycles. The van der Waals surface area contributed by atoms with Crippen LogP contribution in [0.5, 0.6) is 11.5 Å². The molecule has 0 aliphatic rings. The Bertz CT molecular complexity index is 710. The Balaban J connectivity index is 2.27. The highest BCUT2D eigenvalue weighted by Crippen LogP contribution is 2.35. The summed E-state index contributed by atoms with van der Waals surface area (Å²) in [7, 11) is 0. The zero-order valence-electron chi connectivity index (χ0n) is 12.4. The lowest BCUT2D eigenvalue weighted by Gasteiger charge is -2.15. The topological polar surface area (TPSA) is 73.6 Å². The molecule has 23 heavy (non-hydrogen) atoms. The Morgan fingerprint density at radius 3 is 2.74 bits per heavy atom. The molecule has 7 heteroatoms. The van der Waals surface area contributed by atoms with E-state index in [1.54, 1.807) is 12.1 Å². The quantitative estimate of drug-likeness (QED) is 0.280. The lowest BCUT2D eigenvalue weighted by atomic mass is 10.2. The van der Waals surface area contributed by atoms with E-state index in [9.17, 15) is 4.79 Å². The standard InChI is InChI=1S/C16H16BrIN2O3/c1-2-22-14-8-11(16(21)20-19)7-13(18)15(14)23-9-10-4-3-5-12(17)6-10/h3-8H,2,9,19H2,1H3,(H,20,21). The second-order valence-corrected chi connectivity index (χ2v) is 6.69. The van der Waals surface area contributed by atoms with Gasteiger partial charge in [0.25, 0.3) is 5.91 Å². The third-order valence-electron chi connectivity index (χ3n) is 2.97. The molecule has 0 fully saturated rings. The molecule has 0 saturated carbocycles. The molecule has 0 unspecified atom stereocenters. The molecule has 0 saturated heterocycles. The van der Waals surface area contributed by atoms with Gasteiger partial charge in [-0.15, -0.1) is 0 Å². The summed E-state index contributed by atoms with van der Waals surface area (Å²) in [6.45, 7) is 2.75. The Labute approximate surface area is 156 Å². The Morgan fingerprint density at radius 2 is 2.09 bits per heavy atom. The molecular weight excluding hydrogens is 475 g/mol. The number of nitrogens with one attached hydrogen (secondary N) is 1. The van der Waals surface area contributed by atoms with Gasteiger partial charge < -0.3 is 9.47 Å². The fourth-order valence-corrected chi connectivity index (χ4v) is 3.17. The van der Waals surface area contributed by atoms with E-state index in [2.05, 4.69) is 43.9 Å². The highest BCUT2D eigenvalue weighted by Gasteiger charge is 2.15.